The largest absolute Gasteiger partial charge is 0.388 e. The molecule has 5 rings (SSSR count). The molecule has 0 atom stereocenters. The number of amides is 1. The molecular weight excluding hydrogens is 432 g/mol. The maximum absolute atomic E-state index is 13.4. The predicted molar refractivity (Wildman–Crippen MR) is 141 cm³/mol. The van der Waals surface area contributed by atoms with Gasteiger partial charge in [-0.25, -0.2) is 0 Å². The van der Waals surface area contributed by atoms with Gasteiger partial charge in [-0.1, -0.05) is 94.6 Å². The van der Waals surface area contributed by atoms with Crippen molar-refractivity contribution < 1.29 is 9.63 Å². The second-order valence-electron chi connectivity index (χ2n) is 9.97. The highest BCUT2D eigenvalue weighted by molar-refractivity contribution is 6.02. The number of hydrogen-bond donors (Lipinski definition) is 0. The van der Waals surface area contributed by atoms with Gasteiger partial charge >= 0.3 is 0 Å². The Balaban J connectivity index is 1.30. The average Bonchev–Trinajstić information content (AvgIpc) is 3.28. The Hall–Kier alpha value is -3.66. The molecule has 1 fully saturated rings. The van der Waals surface area contributed by atoms with Crippen LogP contribution >= 0.6 is 0 Å². The molecule has 0 bridgehead atoms. The summed E-state index contributed by atoms with van der Waals surface area (Å²) < 4.78 is 0. The molecule has 0 aliphatic carbocycles. The van der Waals surface area contributed by atoms with Crippen molar-refractivity contribution in [2.24, 2.45) is 5.16 Å². The fourth-order valence-electron chi connectivity index (χ4n) is 4.84. The third kappa shape index (κ3) is 5.07. The molecule has 2 aliphatic rings. The van der Waals surface area contributed by atoms with Crippen LogP contribution in [0.5, 0.6) is 0 Å². The Morgan fingerprint density at radius 2 is 1.29 bits per heavy atom. The zero-order valence-electron chi connectivity index (χ0n) is 20.8. The monoisotopic (exact) mass is 464 g/mol. The summed E-state index contributed by atoms with van der Waals surface area (Å²) in [6.45, 7) is 7.57. The second-order valence-corrected chi connectivity index (χ2v) is 9.97. The number of piperidine rings is 1. The van der Waals surface area contributed by atoms with E-state index in [0.717, 1.165) is 47.2 Å². The number of carbonyl (C=O) groups excluding carboxylic acids is 1. The van der Waals surface area contributed by atoms with Crippen LogP contribution in [0.15, 0.2) is 84.0 Å². The molecule has 3 aromatic rings. The molecule has 1 amide bonds. The van der Waals surface area contributed by atoms with Crippen LogP contribution in [-0.4, -0.2) is 35.2 Å². The van der Waals surface area contributed by atoms with Crippen molar-refractivity contribution >= 4 is 17.2 Å². The molecule has 0 unspecified atom stereocenters. The van der Waals surface area contributed by atoms with Gasteiger partial charge in [0.15, 0.2) is 0 Å². The van der Waals surface area contributed by atoms with E-state index in [-0.39, 0.29) is 11.5 Å². The summed E-state index contributed by atoms with van der Waals surface area (Å²) in [6.07, 6.45) is 4.18. The van der Waals surface area contributed by atoms with Crippen molar-refractivity contribution in [1.29, 1.82) is 0 Å². The van der Waals surface area contributed by atoms with E-state index in [2.05, 4.69) is 98.7 Å². The standard InChI is InChI=1S/C31H32N2O2/c1-22-4-10-25(11-5-22)28(26-12-6-23(2)7-13-26)20-30(34)33-18-16-31(17-19-33)21-29(32-35-31)27-14-8-24(3)9-15-27/h4-15,20H,16-19,21H2,1-3H3. The zero-order valence-corrected chi connectivity index (χ0v) is 20.8. The van der Waals surface area contributed by atoms with Crippen LogP contribution in [0, 0.1) is 20.8 Å². The molecule has 178 valence electrons. The van der Waals surface area contributed by atoms with Gasteiger partial charge in [0.2, 0.25) is 5.91 Å². The Kier molecular flexibility index (Phi) is 6.29. The van der Waals surface area contributed by atoms with Gasteiger partial charge in [-0.3, -0.25) is 4.79 Å². The lowest BCUT2D eigenvalue weighted by Gasteiger charge is -2.37. The van der Waals surface area contributed by atoms with Gasteiger partial charge in [0, 0.05) is 38.4 Å². The predicted octanol–water partition coefficient (Wildman–Crippen LogP) is 6.23. The van der Waals surface area contributed by atoms with E-state index in [1.807, 2.05) is 4.90 Å². The van der Waals surface area contributed by atoms with E-state index >= 15 is 0 Å². The van der Waals surface area contributed by atoms with E-state index in [4.69, 9.17) is 4.84 Å². The van der Waals surface area contributed by atoms with Gasteiger partial charge in [-0.15, -0.1) is 0 Å². The molecule has 2 aliphatic heterocycles. The first-order valence-electron chi connectivity index (χ1n) is 12.4. The smallest absolute Gasteiger partial charge is 0.247 e. The number of likely N-dealkylation sites (tertiary alicyclic amines) is 1. The fourth-order valence-corrected chi connectivity index (χ4v) is 4.84. The maximum atomic E-state index is 13.4. The van der Waals surface area contributed by atoms with Crippen molar-refractivity contribution in [3.63, 3.8) is 0 Å². The van der Waals surface area contributed by atoms with Crippen molar-refractivity contribution in [2.75, 3.05) is 13.1 Å². The molecule has 4 nitrogen and oxygen atoms in total. The molecule has 2 heterocycles. The second kappa shape index (κ2) is 9.53. The molecular formula is C31H32N2O2. The summed E-state index contributed by atoms with van der Waals surface area (Å²) in [5, 5.41) is 4.43. The first kappa shape index (κ1) is 23.1. The number of nitrogens with zero attached hydrogens (tertiary/aromatic N) is 2. The Labute approximate surface area is 207 Å². The quantitative estimate of drug-likeness (QED) is 0.430. The van der Waals surface area contributed by atoms with E-state index in [0.29, 0.717) is 13.1 Å². The minimum Gasteiger partial charge on any atom is -0.388 e. The van der Waals surface area contributed by atoms with Gasteiger partial charge in [0.25, 0.3) is 0 Å². The fraction of sp³-hybridized carbons (Fsp3) is 0.290. The van der Waals surface area contributed by atoms with Crippen LogP contribution in [-0.2, 0) is 9.63 Å². The summed E-state index contributed by atoms with van der Waals surface area (Å²) in [7, 11) is 0. The number of aryl methyl sites for hydroxylation is 3. The third-order valence-electron chi connectivity index (χ3n) is 7.20. The Bertz CT molecular complexity index is 1210. The van der Waals surface area contributed by atoms with Gasteiger partial charge in [-0.2, -0.15) is 0 Å². The summed E-state index contributed by atoms with van der Waals surface area (Å²) in [5.41, 5.74) is 8.53. The summed E-state index contributed by atoms with van der Waals surface area (Å²) >= 11 is 0. The van der Waals surface area contributed by atoms with Crippen LogP contribution in [0.3, 0.4) is 0 Å². The van der Waals surface area contributed by atoms with Gasteiger partial charge < -0.3 is 9.74 Å². The molecule has 35 heavy (non-hydrogen) atoms. The van der Waals surface area contributed by atoms with E-state index in [1.165, 1.54) is 16.7 Å². The molecule has 1 saturated heterocycles. The van der Waals surface area contributed by atoms with Gasteiger partial charge in [0.05, 0.1) is 5.71 Å². The number of benzene rings is 3. The molecule has 0 N–H and O–H groups in total. The molecule has 4 heteroatoms. The van der Waals surface area contributed by atoms with Crippen molar-refractivity contribution in [3.8, 4) is 0 Å². The Morgan fingerprint density at radius 1 is 0.800 bits per heavy atom. The van der Waals surface area contributed by atoms with E-state index in [1.54, 1.807) is 6.08 Å². The van der Waals surface area contributed by atoms with Crippen LogP contribution in [0.4, 0.5) is 0 Å². The van der Waals surface area contributed by atoms with E-state index in [9.17, 15) is 4.79 Å². The topological polar surface area (TPSA) is 41.9 Å². The van der Waals surface area contributed by atoms with Crippen LogP contribution in [0.2, 0.25) is 0 Å². The molecule has 0 saturated carbocycles. The first-order chi connectivity index (χ1) is 16.9. The average molecular weight is 465 g/mol. The maximum Gasteiger partial charge on any atom is 0.247 e. The zero-order chi connectivity index (χ0) is 24.4. The molecule has 0 aromatic heterocycles. The lowest BCUT2D eigenvalue weighted by molar-refractivity contribution is -0.131. The molecule has 1 spiro atoms. The summed E-state index contributed by atoms with van der Waals surface area (Å²) in [4.78, 5) is 21.3. The van der Waals surface area contributed by atoms with Crippen molar-refractivity contribution in [2.45, 2.75) is 45.6 Å². The number of rotatable bonds is 4. The van der Waals surface area contributed by atoms with Gasteiger partial charge in [0.1, 0.15) is 5.60 Å². The lowest BCUT2D eigenvalue weighted by Crippen LogP contribution is -2.46. The van der Waals surface area contributed by atoms with Crippen LogP contribution in [0.1, 0.15) is 52.6 Å². The van der Waals surface area contributed by atoms with Crippen molar-refractivity contribution in [1.82, 2.24) is 4.90 Å². The highest BCUT2D eigenvalue weighted by Crippen LogP contribution is 2.36. The number of hydrogen-bond acceptors (Lipinski definition) is 3. The highest BCUT2D eigenvalue weighted by atomic mass is 16.7. The SMILES string of the molecule is Cc1ccc(C(=CC(=O)N2CCC3(CC2)CC(c2ccc(C)cc2)=NO3)c2ccc(C)cc2)cc1. The van der Waals surface area contributed by atoms with Crippen molar-refractivity contribution in [3.05, 3.63) is 112 Å². The summed E-state index contributed by atoms with van der Waals surface area (Å²) in [6, 6.07) is 25.2. The minimum atomic E-state index is -0.294. The first-order valence-corrected chi connectivity index (χ1v) is 12.4. The van der Waals surface area contributed by atoms with E-state index < -0.39 is 0 Å². The molecule has 3 aromatic carbocycles. The summed E-state index contributed by atoms with van der Waals surface area (Å²) in [5.74, 6) is 0.0497. The van der Waals surface area contributed by atoms with Gasteiger partial charge in [-0.05, 0) is 43.0 Å². The molecule has 0 radical (unpaired) electrons. The van der Waals surface area contributed by atoms with Crippen LogP contribution < -0.4 is 0 Å². The normalized spacial score (nSPS) is 16.5. The number of oxime groups is 1. The van der Waals surface area contributed by atoms with Crippen LogP contribution in [0.25, 0.3) is 5.57 Å². The lowest BCUT2D eigenvalue weighted by atomic mass is 9.85. The Morgan fingerprint density at radius 3 is 1.80 bits per heavy atom. The minimum absolute atomic E-state index is 0.0497. The third-order valence-corrected chi connectivity index (χ3v) is 7.20. The highest BCUT2D eigenvalue weighted by Gasteiger charge is 2.43. The number of carbonyl (C=O) groups is 1.